The maximum Gasteiger partial charge on any atom is 0.416 e. The van der Waals surface area contributed by atoms with E-state index in [1.54, 1.807) is 30.3 Å². The van der Waals surface area contributed by atoms with Crippen molar-refractivity contribution in [3.63, 3.8) is 0 Å². The van der Waals surface area contributed by atoms with Crippen LogP contribution in [0, 0.1) is 11.8 Å². The first-order valence-corrected chi connectivity index (χ1v) is 13.6. The summed E-state index contributed by atoms with van der Waals surface area (Å²) in [6.07, 6.45) is -3.29. The first-order valence-electron chi connectivity index (χ1n) is 13.6. The molecule has 3 N–H and O–H groups in total. The number of halogens is 3. The van der Waals surface area contributed by atoms with Crippen molar-refractivity contribution in [1.29, 1.82) is 0 Å². The van der Waals surface area contributed by atoms with E-state index < -0.39 is 17.3 Å². The molecule has 0 amide bonds. The summed E-state index contributed by atoms with van der Waals surface area (Å²) in [5.74, 6) is 6.13. The van der Waals surface area contributed by atoms with Crippen molar-refractivity contribution >= 4 is 27.8 Å². The number of nitrogens with zero attached hydrogens (tertiary/aromatic N) is 6. The predicted molar refractivity (Wildman–Crippen MR) is 161 cm³/mol. The number of benzene rings is 3. The predicted octanol–water partition coefficient (Wildman–Crippen LogP) is 4.60. The molecule has 0 unspecified atom stereocenters. The lowest BCUT2D eigenvalue weighted by molar-refractivity contribution is -0.137. The molecule has 13 heteroatoms. The Morgan fingerprint density at radius 1 is 1.00 bits per heavy atom. The highest BCUT2D eigenvalue weighted by molar-refractivity contribution is 5.98. The van der Waals surface area contributed by atoms with Gasteiger partial charge in [-0.05, 0) is 42.0 Å². The number of aromatic nitrogens is 6. The topological polar surface area (TPSA) is 134 Å². The summed E-state index contributed by atoms with van der Waals surface area (Å²) in [6, 6.07) is 16.2. The minimum atomic E-state index is -4.56. The second-order valence-electron chi connectivity index (χ2n) is 10.1. The van der Waals surface area contributed by atoms with E-state index in [0.29, 0.717) is 33.4 Å². The number of anilines is 1. The molecule has 0 aliphatic rings. The van der Waals surface area contributed by atoms with E-state index in [9.17, 15) is 23.1 Å². The molecule has 3 aromatic heterocycles. The van der Waals surface area contributed by atoms with Crippen LogP contribution >= 0.6 is 0 Å². The van der Waals surface area contributed by atoms with E-state index in [1.807, 2.05) is 0 Å². The number of hydrogen-bond acceptors (Lipinski definition) is 8. The Labute approximate surface area is 253 Å². The van der Waals surface area contributed by atoms with Crippen molar-refractivity contribution in [2.45, 2.75) is 19.3 Å². The number of ether oxygens (including phenoxy) is 1. The number of rotatable bonds is 6. The number of alkyl halides is 3. The molecule has 45 heavy (non-hydrogen) atoms. The van der Waals surface area contributed by atoms with Gasteiger partial charge in [-0.1, -0.05) is 42.2 Å². The van der Waals surface area contributed by atoms with Crippen molar-refractivity contribution in [3.8, 4) is 28.8 Å². The van der Waals surface area contributed by atoms with Crippen LogP contribution in [0.3, 0.4) is 0 Å². The van der Waals surface area contributed by atoms with E-state index >= 15 is 0 Å². The van der Waals surface area contributed by atoms with Crippen molar-refractivity contribution in [2.24, 2.45) is 0 Å². The molecule has 0 fully saturated rings. The fourth-order valence-electron chi connectivity index (χ4n) is 5.06. The number of fused-ring (bicyclic) bond motifs is 2. The molecule has 3 heterocycles. The van der Waals surface area contributed by atoms with E-state index in [4.69, 9.17) is 20.6 Å². The first kappa shape index (κ1) is 29.3. The standard InChI is InChI=1S/C32H24F3N7O3/c1-45-13-5-9-20-7-4-12-24-26(20)31(44)41(16-19-6-2-10-22(14-19)32(33,34)35)25(39-24)17-42-30-27(29(36)37-18-38-30)28(40-42)21-8-3-11-23(43)15-21/h2-4,6-8,10-12,14-15,18,43H,13,16-17H2,1H3,(H2,36,37,38). The van der Waals surface area contributed by atoms with Gasteiger partial charge in [-0.3, -0.25) is 9.36 Å². The summed E-state index contributed by atoms with van der Waals surface area (Å²) in [5.41, 5.74) is 7.17. The molecule has 6 aromatic rings. The lowest BCUT2D eigenvalue weighted by Crippen LogP contribution is -2.28. The quantitative estimate of drug-likeness (QED) is 0.261. The summed E-state index contributed by atoms with van der Waals surface area (Å²) in [7, 11) is 1.50. The second-order valence-corrected chi connectivity index (χ2v) is 10.1. The number of methoxy groups -OCH3 is 1. The summed E-state index contributed by atoms with van der Waals surface area (Å²) in [5, 5.41) is 15.4. The maximum absolute atomic E-state index is 14.2. The van der Waals surface area contributed by atoms with Crippen molar-refractivity contribution in [2.75, 3.05) is 19.5 Å². The Morgan fingerprint density at radius 2 is 1.80 bits per heavy atom. The average Bonchev–Trinajstić information content (AvgIpc) is 3.38. The van der Waals surface area contributed by atoms with Crippen LogP contribution in [-0.2, 0) is 24.0 Å². The lowest BCUT2D eigenvalue weighted by atomic mass is 10.1. The van der Waals surface area contributed by atoms with Gasteiger partial charge in [-0.2, -0.15) is 18.3 Å². The largest absolute Gasteiger partial charge is 0.508 e. The van der Waals surface area contributed by atoms with Crippen LogP contribution in [0.1, 0.15) is 22.5 Å². The fourth-order valence-corrected chi connectivity index (χ4v) is 5.06. The van der Waals surface area contributed by atoms with Gasteiger partial charge in [-0.15, -0.1) is 0 Å². The van der Waals surface area contributed by atoms with Crippen LogP contribution in [0.5, 0.6) is 5.75 Å². The molecule has 0 aliphatic carbocycles. The summed E-state index contributed by atoms with van der Waals surface area (Å²) >= 11 is 0. The molecule has 3 aromatic carbocycles. The second kappa shape index (κ2) is 11.7. The smallest absolute Gasteiger partial charge is 0.416 e. The minimum Gasteiger partial charge on any atom is -0.508 e. The lowest BCUT2D eigenvalue weighted by Gasteiger charge is -2.16. The molecule has 0 saturated carbocycles. The molecule has 6 rings (SSSR count). The van der Waals surface area contributed by atoms with E-state index in [1.165, 1.54) is 47.0 Å². The highest BCUT2D eigenvalue weighted by Crippen LogP contribution is 2.32. The Kier molecular flexibility index (Phi) is 7.65. The molecular formula is C32H24F3N7O3. The normalized spacial score (nSPS) is 11.6. The van der Waals surface area contributed by atoms with E-state index in [2.05, 4.69) is 21.8 Å². The highest BCUT2D eigenvalue weighted by atomic mass is 19.4. The number of phenols is 1. The molecule has 0 aliphatic heterocycles. The molecule has 0 atom stereocenters. The molecule has 0 spiro atoms. The summed E-state index contributed by atoms with van der Waals surface area (Å²) in [4.78, 5) is 27.4. The number of hydrogen-bond donors (Lipinski definition) is 2. The van der Waals surface area contributed by atoms with Gasteiger partial charge < -0.3 is 15.6 Å². The van der Waals surface area contributed by atoms with E-state index in [0.717, 1.165) is 12.1 Å². The SMILES string of the molecule is COCC#Cc1cccc2nc(Cn3nc(-c4cccc(O)c4)c4c(N)ncnc43)n(Cc3cccc(C(F)(F)F)c3)c(=O)c12. The molecule has 0 bridgehead atoms. The third kappa shape index (κ3) is 5.78. The molecule has 226 valence electrons. The number of nitrogens with two attached hydrogens (primary N) is 1. The van der Waals surface area contributed by atoms with Crippen LogP contribution in [0.15, 0.2) is 77.9 Å². The highest BCUT2D eigenvalue weighted by Gasteiger charge is 2.30. The number of nitrogen functional groups attached to an aromatic ring is 1. The Hall–Kier alpha value is -5.74. The van der Waals surface area contributed by atoms with Gasteiger partial charge in [0, 0.05) is 18.2 Å². The Morgan fingerprint density at radius 3 is 2.58 bits per heavy atom. The van der Waals surface area contributed by atoms with Gasteiger partial charge in [0.1, 0.15) is 42.6 Å². The maximum atomic E-state index is 14.2. The van der Waals surface area contributed by atoms with Gasteiger partial charge in [0.15, 0.2) is 5.65 Å². The number of phenolic OH excluding ortho intramolecular Hbond substituents is 1. The Bertz CT molecular complexity index is 2200. The van der Waals surface area contributed by atoms with Gasteiger partial charge in [-0.25, -0.2) is 19.6 Å². The monoisotopic (exact) mass is 611 g/mol. The van der Waals surface area contributed by atoms with Crippen LogP contribution in [0.2, 0.25) is 0 Å². The van der Waals surface area contributed by atoms with Gasteiger partial charge in [0.05, 0.1) is 28.4 Å². The Balaban J connectivity index is 1.56. The van der Waals surface area contributed by atoms with Crippen LogP contribution in [-0.4, -0.2) is 48.1 Å². The zero-order chi connectivity index (χ0) is 31.7. The van der Waals surface area contributed by atoms with Crippen molar-refractivity contribution < 1.29 is 23.0 Å². The zero-order valence-corrected chi connectivity index (χ0v) is 23.7. The van der Waals surface area contributed by atoms with Crippen LogP contribution in [0.4, 0.5) is 19.0 Å². The molecule has 10 nitrogen and oxygen atoms in total. The summed E-state index contributed by atoms with van der Waals surface area (Å²) in [6.45, 7) is -0.175. The van der Waals surface area contributed by atoms with Gasteiger partial charge >= 0.3 is 6.18 Å². The molecule has 0 saturated heterocycles. The van der Waals surface area contributed by atoms with Crippen LogP contribution in [0.25, 0.3) is 33.2 Å². The summed E-state index contributed by atoms with van der Waals surface area (Å²) < 4.78 is 48.5. The van der Waals surface area contributed by atoms with Gasteiger partial charge in [0.2, 0.25) is 0 Å². The fraction of sp³-hybridized carbons (Fsp3) is 0.156. The zero-order valence-electron chi connectivity index (χ0n) is 23.7. The van der Waals surface area contributed by atoms with Crippen molar-refractivity contribution in [3.05, 3.63) is 106 Å². The first-order chi connectivity index (χ1) is 21.6. The third-order valence-electron chi connectivity index (χ3n) is 7.07. The van der Waals surface area contributed by atoms with Crippen LogP contribution < -0.4 is 11.3 Å². The average molecular weight is 612 g/mol. The third-order valence-corrected chi connectivity index (χ3v) is 7.07. The van der Waals surface area contributed by atoms with Gasteiger partial charge in [0.25, 0.3) is 5.56 Å². The molecule has 0 radical (unpaired) electrons. The number of aromatic hydroxyl groups is 1. The minimum absolute atomic E-state index is 0.0149. The molecular weight excluding hydrogens is 587 g/mol. The van der Waals surface area contributed by atoms with Crippen molar-refractivity contribution in [1.82, 2.24) is 29.3 Å². The van der Waals surface area contributed by atoms with E-state index in [-0.39, 0.29) is 48.0 Å².